The number of rotatable bonds is 7. The van der Waals surface area contributed by atoms with Gasteiger partial charge < -0.3 is 14.8 Å². The number of thiophene rings is 1. The third kappa shape index (κ3) is 5.03. The molecule has 1 N–H and O–H groups in total. The Morgan fingerprint density at radius 2 is 2.12 bits per heavy atom. The number of esters is 1. The number of anilines is 1. The van der Waals surface area contributed by atoms with E-state index >= 15 is 0 Å². The van der Waals surface area contributed by atoms with E-state index in [9.17, 15) is 14.0 Å². The number of hydrogen-bond acceptors (Lipinski definition) is 5. The second kappa shape index (κ2) is 7.65. The molecule has 132 valence electrons. The average molecular weight is 363 g/mol. The van der Waals surface area contributed by atoms with E-state index in [1.54, 1.807) is 31.2 Å². The molecule has 1 aliphatic carbocycles. The molecule has 0 spiro atoms. The van der Waals surface area contributed by atoms with E-state index in [1.807, 2.05) is 0 Å². The number of carbonyl (C=O) groups is 2. The van der Waals surface area contributed by atoms with Crippen LogP contribution in [0.4, 0.5) is 9.39 Å². The fourth-order valence-corrected chi connectivity index (χ4v) is 2.92. The summed E-state index contributed by atoms with van der Waals surface area (Å²) in [6.45, 7) is 1.81. The molecule has 1 unspecified atom stereocenters. The van der Waals surface area contributed by atoms with Crippen LogP contribution in [0.2, 0.25) is 0 Å². The SMILES string of the molecule is CC(COc1cccc(F)c1)OC(=O)c1ccc(NC(=O)C2CC2)s1. The summed E-state index contributed by atoms with van der Waals surface area (Å²) in [5.41, 5.74) is 0. The van der Waals surface area contributed by atoms with Crippen molar-refractivity contribution in [1.82, 2.24) is 0 Å². The molecule has 0 radical (unpaired) electrons. The van der Waals surface area contributed by atoms with Crippen LogP contribution in [0.15, 0.2) is 36.4 Å². The molecule has 1 aromatic heterocycles. The summed E-state index contributed by atoms with van der Waals surface area (Å²) < 4.78 is 23.8. The number of halogens is 1. The Morgan fingerprint density at radius 1 is 1.32 bits per heavy atom. The van der Waals surface area contributed by atoms with E-state index in [0.29, 0.717) is 15.6 Å². The number of ether oxygens (including phenoxy) is 2. The smallest absolute Gasteiger partial charge is 0.348 e. The predicted octanol–water partition coefficient (Wildman–Crippen LogP) is 3.86. The first kappa shape index (κ1) is 17.4. The van der Waals surface area contributed by atoms with Crippen molar-refractivity contribution in [2.75, 3.05) is 11.9 Å². The molecule has 1 saturated carbocycles. The standard InChI is InChI=1S/C18H18FNO4S/c1-11(10-23-14-4-2-3-13(19)9-14)24-18(22)15-7-8-16(25-15)20-17(21)12-5-6-12/h2-4,7-9,11-12H,5-6,10H2,1H3,(H,20,21). The normalized spacial score (nSPS) is 14.6. The van der Waals surface area contributed by atoms with Crippen LogP contribution in [0.25, 0.3) is 0 Å². The Labute approximate surface area is 148 Å². The average Bonchev–Trinajstić information content (AvgIpc) is 3.33. The molecule has 5 nitrogen and oxygen atoms in total. The zero-order valence-corrected chi connectivity index (χ0v) is 14.5. The minimum atomic E-state index is -0.498. The molecule has 1 atom stereocenters. The summed E-state index contributed by atoms with van der Waals surface area (Å²) >= 11 is 1.18. The highest BCUT2D eigenvalue weighted by Gasteiger charge is 2.30. The van der Waals surface area contributed by atoms with Gasteiger partial charge in [0.15, 0.2) is 0 Å². The Morgan fingerprint density at radius 3 is 2.84 bits per heavy atom. The summed E-state index contributed by atoms with van der Waals surface area (Å²) in [6.07, 6.45) is 1.35. The van der Waals surface area contributed by atoms with Crippen LogP contribution >= 0.6 is 11.3 Å². The van der Waals surface area contributed by atoms with Gasteiger partial charge in [0.2, 0.25) is 5.91 Å². The largest absolute Gasteiger partial charge is 0.490 e. The third-order valence-corrected chi connectivity index (χ3v) is 4.57. The molecule has 2 aromatic rings. The molecule has 0 bridgehead atoms. The Kier molecular flexibility index (Phi) is 5.33. The van der Waals surface area contributed by atoms with Gasteiger partial charge >= 0.3 is 5.97 Å². The van der Waals surface area contributed by atoms with Crippen LogP contribution in [0, 0.1) is 11.7 Å². The van der Waals surface area contributed by atoms with Gasteiger partial charge in [-0.2, -0.15) is 0 Å². The maximum absolute atomic E-state index is 13.1. The van der Waals surface area contributed by atoms with E-state index in [0.717, 1.165) is 12.8 Å². The van der Waals surface area contributed by atoms with E-state index in [1.165, 1.54) is 23.5 Å². The molecule has 1 amide bonds. The fourth-order valence-electron chi connectivity index (χ4n) is 2.13. The van der Waals surface area contributed by atoms with Gasteiger partial charge in [-0.1, -0.05) is 6.07 Å². The van der Waals surface area contributed by atoms with Crippen LogP contribution in [0.3, 0.4) is 0 Å². The lowest BCUT2D eigenvalue weighted by Crippen LogP contribution is -2.21. The fraction of sp³-hybridized carbons (Fsp3) is 0.333. The zero-order valence-electron chi connectivity index (χ0n) is 13.7. The molecule has 1 fully saturated rings. The van der Waals surface area contributed by atoms with Gasteiger partial charge in [-0.25, -0.2) is 9.18 Å². The number of amides is 1. The summed E-state index contributed by atoms with van der Waals surface area (Å²) in [7, 11) is 0. The quantitative estimate of drug-likeness (QED) is 0.759. The van der Waals surface area contributed by atoms with Crippen LogP contribution in [-0.4, -0.2) is 24.6 Å². The first-order valence-corrected chi connectivity index (χ1v) is 8.83. The van der Waals surface area contributed by atoms with Crippen molar-refractivity contribution >= 4 is 28.2 Å². The van der Waals surface area contributed by atoms with Gasteiger partial charge in [0, 0.05) is 12.0 Å². The minimum Gasteiger partial charge on any atom is -0.490 e. The van der Waals surface area contributed by atoms with Crippen molar-refractivity contribution in [2.24, 2.45) is 5.92 Å². The Bertz CT molecular complexity index is 772. The van der Waals surface area contributed by atoms with Crippen LogP contribution < -0.4 is 10.1 Å². The summed E-state index contributed by atoms with van der Waals surface area (Å²) in [6, 6.07) is 9.08. The van der Waals surface area contributed by atoms with E-state index in [2.05, 4.69) is 5.32 Å². The zero-order chi connectivity index (χ0) is 17.8. The first-order chi connectivity index (χ1) is 12.0. The van der Waals surface area contributed by atoms with Crippen LogP contribution in [-0.2, 0) is 9.53 Å². The molecule has 1 heterocycles. The van der Waals surface area contributed by atoms with Crippen molar-refractivity contribution in [2.45, 2.75) is 25.9 Å². The maximum Gasteiger partial charge on any atom is 0.348 e. The summed E-state index contributed by atoms with van der Waals surface area (Å²) in [5, 5.41) is 3.43. The van der Waals surface area contributed by atoms with Gasteiger partial charge in [-0.15, -0.1) is 11.3 Å². The lowest BCUT2D eigenvalue weighted by Gasteiger charge is -2.13. The Balaban J connectivity index is 1.47. The molecular weight excluding hydrogens is 345 g/mol. The second-order valence-corrected chi connectivity index (χ2v) is 7.00. The van der Waals surface area contributed by atoms with E-state index < -0.39 is 12.1 Å². The third-order valence-electron chi connectivity index (χ3n) is 3.59. The highest BCUT2D eigenvalue weighted by atomic mass is 32.1. The van der Waals surface area contributed by atoms with Gasteiger partial charge in [-0.05, 0) is 44.0 Å². The highest BCUT2D eigenvalue weighted by Crippen LogP contribution is 2.31. The number of nitrogens with one attached hydrogen (secondary N) is 1. The molecule has 25 heavy (non-hydrogen) atoms. The topological polar surface area (TPSA) is 64.6 Å². The second-order valence-electron chi connectivity index (χ2n) is 5.91. The molecule has 0 saturated heterocycles. The molecule has 0 aliphatic heterocycles. The summed E-state index contributed by atoms with van der Waals surface area (Å²) in [5.74, 6) is -0.381. The molecule has 1 aliphatic rings. The lowest BCUT2D eigenvalue weighted by molar-refractivity contribution is -0.117. The van der Waals surface area contributed by atoms with Gasteiger partial charge in [0.1, 0.15) is 29.2 Å². The molecule has 1 aromatic carbocycles. The van der Waals surface area contributed by atoms with E-state index in [-0.39, 0.29) is 24.2 Å². The van der Waals surface area contributed by atoms with Crippen molar-refractivity contribution < 1.29 is 23.5 Å². The van der Waals surface area contributed by atoms with Crippen LogP contribution in [0.1, 0.15) is 29.4 Å². The first-order valence-electron chi connectivity index (χ1n) is 8.01. The van der Waals surface area contributed by atoms with Gasteiger partial charge in [0.25, 0.3) is 0 Å². The maximum atomic E-state index is 13.1. The highest BCUT2D eigenvalue weighted by molar-refractivity contribution is 7.18. The van der Waals surface area contributed by atoms with Crippen LogP contribution in [0.5, 0.6) is 5.75 Å². The van der Waals surface area contributed by atoms with Gasteiger partial charge in [0.05, 0.1) is 5.00 Å². The van der Waals surface area contributed by atoms with Gasteiger partial charge in [-0.3, -0.25) is 4.79 Å². The van der Waals surface area contributed by atoms with Crippen molar-refractivity contribution in [3.05, 3.63) is 47.1 Å². The minimum absolute atomic E-state index is 0.00127. The molecule has 3 rings (SSSR count). The number of hydrogen-bond donors (Lipinski definition) is 1. The summed E-state index contributed by atoms with van der Waals surface area (Å²) in [4.78, 5) is 24.2. The molecular formula is C18H18FNO4S. The van der Waals surface area contributed by atoms with Crippen molar-refractivity contribution in [3.63, 3.8) is 0 Å². The van der Waals surface area contributed by atoms with E-state index in [4.69, 9.17) is 9.47 Å². The van der Waals surface area contributed by atoms with Crippen molar-refractivity contribution in [3.8, 4) is 5.75 Å². The lowest BCUT2D eigenvalue weighted by atomic mass is 10.3. The number of carbonyl (C=O) groups excluding carboxylic acids is 2. The monoisotopic (exact) mass is 363 g/mol. The number of benzene rings is 1. The Hall–Kier alpha value is -2.41. The molecule has 7 heteroatoms. The van der Waals surface area contributed by atoms with Crippen molar-refractivity contribution in [1.29, 1.82) is 0 Å². The predicted molar refractivity (Wildman–Crippen MR) is 92.4 cm³/mol.